The number of sulfonamides is 1. The van der Waals surface area contributed by atoms with E-state index in [0.717, 1.165) is 26.9 Å². The minimum atomic E-state index is -3.83. The van der Waals surface area contributed by atoms with Crippen LogP contribution >= 0.6 is 28.1 Å². The van der Waals surface area contributed by atoms with E-state index in [9.17, 15) is 8.42 Å². The second kappa shape index (κ2) is 9.16. The predicted octanol–water partition coefficient (Wildman–Crippen LogP) is 5.98. The zero-order valence-corrected chi connectivity index (χ0v) is 20.0. The quantitative estimate of drug-likeness (QED) is 0.373. The summed E-state index contributed by atoms with van der Waals surface area (Å²) in [7, 11) is -3.83. The highest BCUT2D eigenvalue weighted by Gasteiger charge is 2.20. The van der Waals surface area contributed by atoms with Gasteiger partial charge in [0.05, 0.1) is 5.69 Å². The fraction of sp³-hybridized carbons (Fsp3) is 0.136. The molecule has 0 aliphatic carbocycles. The normalized spacial score (nSPS) is 11.1. The van der Waals surface area contributed by atoms with E-state index in [4.69, 9.17) is 12.2 Å². The highest BCUT2D eigenvalue weighted by Crippen LogP contribution is 2.26. The van der Waals surface area contributed by atoms with Crippen LogP contribution in [0.5, 0.6) is 0 Å². The van der Waals surface area contributed by atoms with Crippen LogP contribution in [0.15, 0.2) is 70.0 Å². The van der Waals surface area contributed by atoms with E-state index in [0.29, 0.717) is 16.5 Å². The number of benzene rings is 3. The number of aryl methyl sites for hydroxylation is 3. The molecule has 0 bridgehead atoms. The number of rotatable bonds is 5. The lowest BCUT2D eigenvalue weighted by Crippen LogP contribution is -2.22. The molecule has 3 aromatic rings. The fourth-order valence-electron chi connectivity index (χ4n) is 3.01. The van der Waals surface area contributed by atoms with Gasteiger partial charge >= 0.3 is 0 Å². The molecule has 0 spiro atoms. The number of hydrogen-bond acceptors (Lipinski definition) is 3. The van der Waals surface area contributed by atoms with Gasteiger partial charge in [-0.2, -0.15) is 0 Å². The first kappa shape index (κ1) is 22.3. The van der Waals surface area contributed by atoms with E-state index in [1.807, 2.05) is 39.0 Å². The van der Waals surface area contributed by atoms with Gasteiger partial charge in [-0.3, -0.25) is 4.72 Å². The van der Waals surface area contributed by atoms with E-state index in [2.05, 4.69) is 37.4 Å². The van der Waals surface area contributed by atoms with E-state index >= 15 is 0 Å². The van der Waals surface area contributed by atoms with Gasteiger partial charge in [0.2, 0.25) is 0 Å². The topological polar surface area (TPSA) is 70.2 Å². The Balaban J connectivity index is 1.85. The summed E-state index contributed by atoms with van der Waals surface area (Å²) < 4.78 is 29.6. The number of nitrogens with one attached hydrogen (secondary N) is 3. The minimum absolute atomic E-state index is 0.120. The molecule has 0 atom stereocenters. The molecule has 8 heteroatoms. The van der Waals surface area contributed by atoms with Crippen LogP contribution in [0.25, 0.3) is 0 Å². The fourth-order valence-corrected chi connectivity index (χ4v) is 4.81. The Labute approximate surface area is 191 Å². The van der Waals surface area contributed by atoms with Gasteiger partial charge in [-0.25, -0.2) is 8.42 Å². The third-order valence-electron chi connectivity index (χ3n) is 4.25. The van der Waals surface area contributed by atoms with Crippen molar-refractivity contribution in [3.63, 3.8) is 0 Å². The highest BCUT2D eigenvalue weighted by atomic mass is 79.9. The Morgan fingerprint density at radius 3 is 2.07 bits per heavy atom. The highest BCUT2D eigenvalue weighted by molar-refractivity contribution is 9.10. The van der Waals surface area contributed by atoms with Gasteiger partial charge in [0.25, 0.3) is 10.0 Å². The van der Waals surface area contributed by atoms with Gasteiger partial charge in [0, 0.05) is 15.8 Å². The minimum Gasteiger partial charge on any atom is -0.332 e. The Kier molecular flexibility index (Phi) is 6.80. The molecule has 0 heterocycles. The van der Waals surface area contributed by atoms with Crippen LogP contribution < -0.4 is 15.4 Å². The molecule has 30 heavy (non-hydrogen) atoms. The van der Waals surface area contributed by atoms with Crippen LogP contribution in [0.1, 0.15) is 16.7 Å². The lowest BCUT2D eigenvalue weighted by Gasteiger charge is -2.16. The van der Waals surface area contributed by atoms with Crippen molar-refractivity contribution in [1.29, 1.82) is 0 Å². The Bertz CT molecular complexity index is 1170. The molecule has 156 valence electrons. The molecule has 5 nitrogen and oxygen atoms in total. The average molecular weight is 504 g/mol. The first-order chi connectivity index (χ1) is 14.1. The molecule has 0 saturated heterocycles. The third kappa shape index (κ3) is 5.81. The van der Waals surface area contributed by atoms with Crippen molar-refractivity contribution in [3.05, 3.63) is 81.8 Å². The molecule has 3 aromatic carbocycles. The maximum atomic E-state index is 13.1. The molecule has 0 amide bonds. The summed E-state index contributed by atoms with van der Waals surface area (Å²) in [6.45, 7) is 5.86. The first-order valence-electron chi connectivity index (χ1n) is 9.18. The Morgan fingerprint density at radius 2 is 1.43 bits per heavy atom. The molecule has 0 fully saturated rings. The zero-order valence-electron chi connectivity index (χ0n) is 16.8. The van der Waals surface area contributed by atoms with Crippen molar-refractivity contribution in [1.82, 2.24) is 0 Å². The second-order valence-electron chi connectivity index (χ2n) is 7.07. The van der Waals surface area contributed by atoms with Gasteiger partial charge in [-0.15, -0.1) is 0 Å². The van der Waals surface area contributed by atoms with Crippen molar-refractivity contribution < 1.29 is 8.42 Å². The van der Waals surface area contributed by atoms with E-state index < -0.39 is 10.0 Å². The number of hydrogen-bond donors (Lipinski definition) is 3. The van der Waals surface area contributed by atoms with Gasteiger partial charge in [0.1, 0.15) is 4.90 Å². The van der Waals surface area contributed by atoms with Crippen LogP contribution in [0.3, 0.4) is 0 Å². The molecule has 3 rings (SSSR count). The lowest BCUT2D eigenvalue weighted by molar-refractivity contribution is 0.601. The number of halogens is 1. The molecule has 0 radical (unpaired) electrons. The van der Waals surface area contributed by atoms with E-state index in [1.165, 1.54) is 0 Å². The molecule has 0 aliphatic rings. The van der Waals surface area contributed by atoms with Gasteiger partial charge in [0.15, 0.2) is 5.11 Å². The Hall–Kier alpha value is -2.42. The van der Waals surface area contributed by atoms with E-state index in [1.54, 1.807) is 36.4 Å². The molecular weight excluding hydrogens is 482 g/mol. The molecule has 0 unspecified atom stereocenters. The summed E-state index contributed by atoms with van der Waals surface area (Å²) in [5.74, 6) is 0. The molecule has 0 saturated carbocycles. The number of thiocarbonyl (C=S) groups is 1. The maximum absolute atomic E-state index is 13.1. The monoisotopic (exact) mass is 503 g/mol. The van der Waals surface area contributed by atoms with Crippen molar-refractivity contribution in [2.45, 2.75) is 25.7 Å². The van der Waals surface area contributed by atoms with Crippen LogP contribution in [0.2, 0.25) is 0 Å². The summed E-state index contributed by atoms with van der Waals surface area (Å²) in [5.41, 5.74) is 4.75. The van der Waals surface area contributed by atoms with E-state index in [-0.39, 0.29) is 4.90 Å². The van der Waals surface area contributed by atoms with Crippen molar-refractivity contribution in [2.24, 2.45) is 0 Å². The van der Waals surface area contributed by atoms with Crippen LogP contribution in [-0.2, 0) is 10.0 Å². The molecule has 0 aromatic heterocycles. The van der Waals surface area contributed by atoms with Crippen LogP contribution in [0.4, 0.5) is 17.1 Å². The van der Waals surface area contributed by atoms with Gasteiger partial charge in [-0.05, 0) is 98.2 Å². The van der Waals surface area contributed by atoms with Crippen LogP contribution in [0, 0.1) is 20.8 Å². The second-order valence-corrected chi connectivity index (χ2v) is 10.0. The summed E-state index contributed by atoms with van der Waals surface area (Å²) in [6, 6.07) is 18.1. The summed E-state index contributed by atoms with van der Waals surface area (Å²) in [5, 5.41) is 6.45. The summed E-state index contributed by atoms with van der Waals surface area (Å²) >= 11 is 8.77. The van der Waals surface area contributed by atoms with Gasteiger partial charge in [-0.1, -0.05) is 28.1 Å². The third-order valence-corrected chi connectivity index (χ3v) is 6.40. The van der Waals surface area contributed by atoms with Gasteiger partial charge < -0.3 is 10.6 Å². The smallest absolute Gasteiger partial charge is 0.263 e. The standard InChI is InChI=1S/C22H22BrN3O2S2/c1-14-4-9-20(25-22(29)24-19-11-15(2)10-16(3)12-19)21(13-14)30(27,28)26-18-7-5-17(23)6-8-18/h4-13,26H,1-3H3,(H2,24,25,29). The Morgan fingerprint density at radius 1 is 0.800 bits per heavy atom. The average Bonchev–Trinajstić information content (AvgIpc) is 2.64. The van der Waals surface area contributed by atoms with Crippen LogP contribution in [-0.4, -0.2) is 13.5 Å². The van der Waals surface area contributed by atoms with Crippen molar-refractivity contribution >= 4 is 60.3 Å². The lowest BCUT2D eigenvalue weighted by atomic mass is 10.1. The molecule has 0 aliphatic heterocycles. The van der Waals surface area contributed by atoms with Crippen molar-refractivity contribution in [3.8, 4) is 0 Å². The van der Waals surface area contributed by atoms with Crippen molar-refractivity contribution in [2.75, 3.05) is 15.4 Å². The predicted molar refractivity (Wildman–Crippen MR) is 132 cm³/mol. The maximum Gasteiger partial charge on any atom is 0.263 e. The molecule has 3 N–H and O–H groups in total. The molecular formula is C22H22BrN3O2S2. The SMILES string of the molecule is Cc1cc(C)cc(NC(=S)Nc2ccc(C)cc2S(=O)(=O)Nc2ccc(Br)cc2)c1. The summed E-state index contributed by atoms with van der Waals surface area (Å²) in [4.78, 5) is 0.120. The number of anilines is 3. The zero-order chi connectivity index (χ0) is 21.9. The summed E-state index contributed by atoms with van der Waals surface area (Å²) in [6.07, 6.45) is 0. The largest absolute Gasteiger partial charge is 0.332 e. The first-order valence-corrected chi connectivity index (χ1v) is 11.9.